The molecule has 3 nitrogen and oxygen atoms in total. The van der Waals surface area contributed by atoms with Crippen LogP contribution in [0.25, 0.3) is 0 Å². The fourth-order valence-electron chi connectivity index (χ4n) is 4.23. The van der Waals surface area contributed by atoms with Gasteiger partial charge in [0.15, 0.2) is 0 Å². The molecule has 0 radical (unpaired) electrons. The minimum Gasteiger partial charge on any atom is -0.343 e. The molecule has 1 amide bonds. The van der Waals surface area contributed by atoms with Crippen molar-refractivity contribution in [1.82, 2.24) is 9.80 Å². The first-order valence-electron chi connectivity index (χ1n) is 9.60. The third-order valence-corrected chi connectivity index (χ3v) is 5.80. The van der Waals surface area contributed by atoms with Gasteiger partial charge in [-0.25, -0.2) is 0 Å². The van der Waals surface area contributed by atoms with E-state index in [2.05, 4.69) is 54.0 Å². The minimum atomic E-state index is 0.180. The molecule has 2 fully saturated rings. The minimum absolute atomic E-state index is 0.180. The quantitative estimate of drug-likeness (QED) is 0.823. The van der Waals surface area contributed by atoms with Gasteiger partial charge >= 0.3 is 0 Å². The highest BCUT2D eigenvalue weighted by molar-refractivity contribution is 5.76. The topological polar surface area (TPSA) is 23.6 Å². The smallest absolute Gasteiger partial charge is 0.222 e. The van der Waals surface area contributed by atoms with Crippen LogP contribution in [0.3, 0.4) is 0 Å². The van der Waals surface area contributed by atoms with Gasteiger partial charge in [-0.3, -0.25) is 4.79 Å². The Balaban J connectivity index is 1.46. The third-order valence-electron chi connectivity index (χ3n) is 5.80. The lowest BCUT2D eigenvalue weighted by Gasteiger charge is -2.37. The van der Waals surface area contributed by atoms with Crippen LogP contribution in [0.1, 0.15) is 51.5 Å². The fraction of sp³-hybridized carbons (Fsp3) is 0.667. The number of hydrogen-bond acceptors (Lipinski definition) is 2. The summed E-state index contributed by atoms with van der Waals surface area (Å²) in [6.45, 7) is 10.0. The second-order valence-electron chi connectivity index (χ2n) is 8.26. The second-order valence-corrected chi connectivity index (χ2v) is 8.26. The molecular weight excluding hydrogens is 296 g/mol. The van der Waals surface area contributed by atoms with Crippen LogP contribution in [0.5, 0.6) is 0 Å². The van der Waals surface area contributed by atoms with E-state index >= 15 is 0 Å². The molecule has 0 aliphatic carbocycles. The van der Waals surface area contributed by atoms with E-state index in [4.69, 9.17) is 0 Å². The number of piperidine rings is 1. The van der Waals surface area contributed by atoms with E-state index in [1.807, 2.05) is 0 Å². The Morgan fingerprint density at radius 3 is 2.29 bits per heavy atom. The normalized spacial score (nSPS) is 20.5. The number of benzene rings is 1. The first-order chi connectivity index (χ1) is 11.5. The first-order valence-corrected chi connectivity index (χ1v) is 9.60. The summed E-state index contributed by atoms with van der Waals surface area (Å²) < 4.78 is 0. The van der Waals surface area contributed by atoms with E-state index in [9.17, 15) is 4.79 Å². The van der Waals surface area contributed by atoms with Crippen molar-refractivity contribution < 1.29 is 4.79 Å². The van der Waals surface area contributed by atoms with Gasteiger partial charge in [0.1, 0.15) is 0 Å². The molecule has 1 aromatic carbocycles. The highest BCUT2D eigenvalue weighted by Crippen LogP contribution is 2.28. The number of hydrogen-bond donors (Lipinski definition) is 0. The summed E-state index contributed by atoms with van der Waals surface area (Å²) >= 11 is 0. The van der Waals surface area contributed by atoms with Crippen LogP contribution in [-0.4, -0.2) is 48.4 Å². The van der Waals surface area contributed by atoms with Gasteiger partial charge in [0.05, 0.1) is 0 Å². The van der Waals surface area contributed by atoms with Crippen molar-refractivity contribution in [3.8, 4) is 0 Å². The molecule has 24 heavy (non-hydrogen) atoms. The number of nitrogens with zero attached hydrogens (tertiary/aromatic N) is 2. The highest BCUT2D eigenvalue weighted by atomic mass is 16.2. The van der Waals surface area contributed by atoms with Crippen LogP contribution >= 0.6 is 0 Å². The molecule has 0 N–H and O–H groups in total. The molecule has 0 spiro atoms. The van der Waals surface area contributed by atoms with Gasteiger partial charge < -0.3 is 9.80 Å². The molecular formula is C21H32N2O. The zero-order valence-corrected chi connectivity index (χ0v) is 15.3. The van der Waals surface area contributed by atoms with Crippen LogP contribution < -0.4 is 0 Å². The highest BCUT2D eigenvalue weighted by Gasteiger charge is 2.29. The van der Waals surface area contributed by atoms with Crippen molar-refractivity contribution in [2.45, 2.75) is 51.4 Å². The maximum absolute atomic E-state index is 12.3. The number of carbonyl (C=O) groups excluding carboxylic acids is 1. The van der Waals surface area contributed by atoms with Crippen molar-refractivity contribution >= 4 is 5.91 Å². The summed E-state index contributed by atoms with van der Waals surface area (Å²) in [5.41, 5.74) is 1.59. The lowest BCUT2D eigenvalue weighted by molar-refractivity contribution is -0.131. The van der Waals surface area contributed by atoms with Gasteiger partial charge in [-0.15, -0.1) is 0 Å². The molecule has 0 unspecified atom stereocenters. The molecule has 0 atom stereocenters. The maximum Gasteiger partial charge on any atom is 0.222 e. The summed E-state index contributed by atoms with van der Waals surface area (Å²) in [6, 6.07) is 10.8. The van der Waals surface area contributed by atoms with Crippen LogP contribution in [0, 0.1) is 5.92 Å². The van der Waals surface area contributed by atoms with E-state index in [1.165, 1.54) is 31.2 Å². The van der Waals surface area contributed by atoms with E-state index in [-0.39, 0.29) is 5.41 Å². The standard InChI is InChI=1S/C21H32N2O/c1-21(2,19-8-4-3-5-9-19)17-22-14-10-18(11-15-22)16-20(24)23-12-6-7-13-23/h3-5,8-9,18H,6-7,10-17H2,1-2H3. The average molecular weight is 328 g/mol. The summed E-state index contributed by atoms with van der Waals surface area (Å²) in [7, 11) is 0. The number of amides is 1. The van der Waals surface area contributed by atoms with Crippen LogP contribution in [0.2, 0.25) is 0 Å². The molecule has 3 rings (SSSR count). The molecule has 0 bridgehead atoms. The molecule has 0 saturated carbocycles. The largest absolute Gasteiger partial charge is 0.343 e. The van der Waals surface area contributed by atoms with E-state index in [0.717, 1.165) is 39.1 Å². The van der Waals surface area contributed by atoms with Gasteiger partial charge in [-0.05, 0) is 50.3 Å². The Kier molecular flexibility index (Phi) is 5.60. The monoisotopic (exact) mass is 328 g/mol. The Labute approximate surface area is 147 Å². The van der Waals surface area contributed by atoms with Crippen molar-refractivity contribution in [2.24, 2.45) is 5.92 Å². The predicted octanol–water partition coefficient (Wildman–Crippen LogP) is 3.69. The SMILES string of the molecule is CC(C)(CN1CCC(CC(=O)N2CCCC2)CC1)c1ccccc1. The maximum atomic E-state index is 12.3. The number of carbonyl (C=O) groups is 1. The van der Waals surface area contributed by atoms with Gasteiger partial charge in [0.2, 0.25) is 5.91 Å². The first kappa shape index (κ1) is 17.5. The van der Waals surface area contributed by atoms with Crippen LogP contribution in [0.15, 0.2) is 30.3 Å². The van der Waals surface area contributed by atoms with E-state index < -0.39 is 0 Å². The Hall–Kier alpha value is -1.35. The summed E-state index contributed by atoms with van der Waals surface area (Å²) in [5, 5.41) is 0. The van der Waals surface area contributed by atoms with Crippen molar-refractivity contribution in [3.63, 3.8) is 0 Å². The molecule has 2 aliphatic heterocycles. The Morgan fingerprint density at radius 2 is 1.67 bits per heavy atom. The average Bonchev–Trinajstić information content (AvgIpc) is 3.12. The Bertz CT molecular complexity index is 526. The molecule has 0 aromatic heterocycles. The van der Waals surface area contributed by atoms with E-state index in [1.54, 1.807) is 0 Å². The fourth-order valence-corrected chi connectivity index (χ4v) is 4.23. The number of rotatable bonds is 5. The van der Waals surface area contributed by atoms with Gasteiger partial charge in [0, 0.05) is 31.5 Å². The number of likely N-dealkylation sites (tertiary alicyclic amines) is 2. The summed E-state index contributed by atoms with van der Waals surface area (Å²) in [4.78, 5) is 17.0. The van der Waals surface area contributed by atoms with E-state index in [0.29, 0.717) is 11.8 Å². The van der Waals surface area contributed by atoms with Gasteiger partial charge in [0.25, 0.3) is 0 Å². The zero-order chi connectivity index (χ0) is 17.0. The third kappa shape index (κ3) is 4.38. The molecule has 132 valence electrons. The lowest BCUT2D eigenvalue weighted by Crippen LogP contribution is -2.42. The van der Waals surface area contributed by atoms with Crippen molar-refractivity contribution in [2.75, 3.05) is 32.7 Å². The summed E-state index contributed by atoms with van der Waals surface area (Å²) in [6.07, 6.45) is 5.50. The molecule has 3 heteroatoms. The molecule has 2 heterocycles. The van der Waals surface area contributed by atoms with Gasteiger partial charge in [-0.1, -0.05) is 44.2 Å². The predicted molar refractivity (Wildman–Crippen MR) is 99.1 cm³/mol. The molecule has 1 aromatic rings. The van der Waals surface area contributed by atoms with Crippen molar-refractivity contribution in [3.05, 3.63) is 35.9 Å². The van der Waals surface area contributed by atoms with Crippen molar-refractivity contribution in [1.29, 1.82) is 0 Å². The van der Waals surface area contributed by atoms with Crippen LogP contribution in [0.4, 0.5) is 0 Å². The second kappa shape index (κ2) is 7.69. The Morgan fingerprint density at radius 1 is 1.04 bits per heavy atom. The zero-order valence-electron chi connectivity index (χ0n) is 15.3. The summed E-state index contributed by atoms with van der Waals surface area (Å²) in [5.74, 6) is 0.991. The van der Waals surface area contributed by atoms with Crippen LogP contribution in [-0.2, 0) is 10.2 Å². The van der Waals surface area contributed by atoms with Gasteiger partial charge in [-0.2, -0.15) is 0 Å². The molecule has 2 aliphatic rings. The molecule has 2 saturated heterocycles. The lowest BCUT2D eigenvalue weighted by atomic mass is 9.83.